The first-order valence-corrected chi connectivity index (χ1v) is 5.42. The van der Waals surface area contributed by atoms with Crippen LogP contribution in [0.1, 0.15) is 11.3 Å². The van der Waals surface area contributed by atoms with E-state index in [0.717, 1.165) is 22.2 Å². The molecule has 1 aliphatic rings. The van der Waals surface area contributed by atoms with Gasteiger partial charge in [-0.05, 0) is 18.2 Å². The van der Waals surface area contributed by atoms with Gasteiger partial charge in [-0.1, -0.05) is 0 Å². The minimum Gasteiger partial charge on any atom is -0.465 e. The molecular formula is C12H11FN2O2. The maximum atomic E-state index is 13.2. The van der Waals surface area contributed by atoms with Crippen LogP contribution in [0, 0.1) is 5.82 Å². The van der Waals surface area contributed by atoms with Gasteiger partial charge in [0.1, 0.15) is 5.82 Å². The van der Waals surface area contributed by atoms with Crippen LogP contribution in [-0.4, -0.2) is 27.6 Å². The minimum absolute atomic E-state index is 0.299. The zero-order valence-electron chi connectivity index (χ0n) is 9.03. The molecule has 0 radical (unpaired) electrons. The largest absolute Gasteiger partial charge is 0.465 e. The lowest BCUT2D eigenvalue weighted by molar-refractivity contribution is 0.140. The van der Waals surface area contributed by atoms with E-state index in [2.05, 4.69) is 4.98 Å². The maximum absolute atomic E-state index is 13.2. The summed E-state index contributed by atoms with van der Waals surface area (Å²) >= 11 is 0. The first-order valence-electron chi connectivity index (χ1n) is 5.42. The SMILES string of the molecule is O=C(O)N1CCc2[nH]c3ccc(F)cc3c2C1. The van der Waals surface area contributed by atoms with Crippen LogP contribution in [0.25, 0.3) is 10.9 Å². The summed E-state index contributed by atoms with van der Waals surface area (Å²) < 4.78 is 13.2. The van der Waals surface area contributed by atoms with Gasteiger partial charge in [0.25, 0.3) is 0 Å². The van der Waals surface area contributed by atoms with Crippen molar-refractivity contribution in [2.75, 3.05) is 6.54 Å². The van der Waals surface area contributed by atoms with Gasteiger partial charge in [0.2, 0.25) is 0 Å². The van der Waals surface area contributed by atoms with Gasteiger partial charge in [-0.25, -0.2) is 9.18 Å². The fourth-order valence-corrected chi connectivity index (χ4v) is 2.35. The summed E-state index contributed by atoms with van der Waals surface area (Å²) in [7, 11) is 0. The number of carbonyl (C=O) groups is 1. The van der Waals surface area contributed by atoms with Gasteiger partial charge >= 0.3 is 6.09 Å². The Hall–Kier alpha value is -2.04. The molecule has 1 aliphatic heterocycles. The second-order valence-electron chi connectivity index (χ2n) is 4.23. The molecule has 1 amide bonds. The molecule has 88 valence electrons. The van der Waals surface area contributed by atoms with E-state index < -0.39 is 6.09 Å². The van der Waals surface area contributed by atoms with Crippen LogP contribution in [0.2, 0.25) is 0 Å². The Labute approximate surface area is 96.7 Å². The van der Waals surface area contributed by atoms with Crippen LogP contribution in [0.15, 0.2) is 18.2 Å². The predicted molar refractivity (Wildman–Crippen MR) is 60.4 cm³/mol. The summed E-state index contributed by atoms with van der Waals surface area (Å²) in [5.74, 6) is -0.299. The number of hydrogen-bond donors (Lipinski definition) is 2. The van der Waals surface area contributed by atoms with Crippen molar-refractivity contribution in [3.63, 3.8) is 0 Å². The molecule has 1 aromatic heterocycles. The third-order valence-electron chi connectivity index (χ3n) is 3.21. The number of nitrogens with one attached hydrogen (secondary N) is 1. The van der Waals surface area contributed by atoms with E-state index in [1.54, 1.807) is 6.07 Å². The molecule has 1 aromatic carbocycles. The lowest BCUT2D eigenvalue weighted by Crippen LogP contribution is -2.34. The lowest BCUT2D eigenvalue weighted by atomic mass is 10.0. The number of amides is 1. The van der Waals surface area contributed by atoms with Crippen LogP contribution in [-0.2, 0) is 13.0 Å². The van der Waals surface area contributed by atoms with Gasteiger partial charge in [-0.3, -0.25) is 0 Å². The zero-order valence-corrected chi connectivity index (χ0v) is 9.03. The van der Waals surface area contributed by atoms with Crippen LogP contribution < -0.4 is 0 Å². The van der Waals surface area contributed by atoms with Crippen LogP contribution in [0.5, 0.6) is 0 Å². The Kier molecular flexibility index (Phi) is 2.07. The summed E-state index contributed by atoms with van der Waals surface area (Å²) in [5.41, 5.74) is 2.78. The number of benzene rings is 1. The number of aromatic amines is 1. The maximum Gasteiger partial charge on any atom is 0.407 e. The molecule has 3 rings (SSSR count). The zero-order chi connectivity index (χ0) is 12.0. The second kappa shape index (κ2) is 3.48. The van der Waals surface area contributed by atoms with Crippen molar-refractivity contribution in [1.29, 1.82) is 0 Å². The highest BCUT2D eigenvalue weighted by atomic mass is 19.1. The first kappa shape index (κ1) is 10.1. The summed E-state index contributed by atoms with van der Waals surface area (Å²) in [6, 6.07) is 4.54. The van der Waals surface area contributed by atoms with Crippen molar-refractivity contribution in [3.8, 4) is 0 Å². The van der Waals surface area contributed by atoms with E-state index in [1.165, 1.54) is 17.0 Å². The van der Waals surface area contributed by atoms with Crippen molar-refractivity contribution in [3.05, 3.63) is 35.3 Å². The molecule has 4 nitrogen and oxygen atoms in total. The van der Waals surface area contributed by atoms with E-state index in [-0.39, 0.29) is 5.82 Å². The first-order chi connectivity index (χ1) is 8.15. The lowest BCUT2D eigenvalue weighted by Gasteiger charge is -2.24. The van der Waals surface area contributed by atoms with Gasteiger partial charge in [0.15, 0.2) is 0 Å². The monoisotopic (exact) mass is 234 g/mol. The van der Waals surface area contributed by atoms with Crippen molar-refractivity contribution in [2.24, 2.45) is 0 Å². The Morgan fingerprint density at radius 3 is 3.06 bits per heavy atom. The molecule has 2 heterocycles. The highest BCUT2D eigenvalue weighted by Gasteiger charge is 2.23. The fraction of sp³-hybridized carbons (Fsp3) is 0.250. The molecule has 0 aliphatic carbocycles. The summed E-state index contributed by atoms with van der Waals surface area (Å²) in [5, 5.41) is 9.75. The predicted octanol–water partition coefficient (Wildman–Crippen LogP) is 2.34. The molecule has 5 heteroatoms. The summed E-state index contributed by atoms with van der Waals surface area (Å²) in [6.45, 7) is 0.811. The normalized spacial score (nSPS) is 15.0. The van der Waals surface area contributed by atoms with E-state index in [9.17, 15) is 9.18 Å². The van der Waals surface area contributed by atoms with Crippen molar-refractivity contribution in [2.45, 2.75) is 13.0 Å². The highest BCUT2D eigenvalue weighted by molar-refractivity contribution is 5.85. The molecular weight excluding hydrogens is 223 g/mol. The third-order valence-corrected chi connectivity index (χ3v) is 3.21. The van der Waals surface area contributed by atoms with Gasteiger partial charge in [0.05, 0.1) is 6.54 Å². The van der Waals surface area contributed by atoms with Gasteiger partial charge in [-0.15, -0.1) is 0 Å². The van der Waals surface area contributed by atoms with E-state index in [1.807, 2.05) is 0 Å². The van der Waals surface area contributed by atoms with Crippen molar-refractivity contribution >= 4 is 17.0 Å². The average Bonchev–Trinajstić information content (AvgIpc) is 2.66. The number of hydrogen-bond acceptors (Lipinski definition) is 1. The Morgan fingerprint density at radius 1 is 1.47 bits per heavy atom. The molecule has 0 fully saturated rings. The molecule has 2 aromatic rings. The summed E-state index contributed by atoms with van der Waals surface area (Å²) in [6.07, 6.45) is -0.279. The number of rotatable bonds is 0. The number of fused-ring (bicyclic) bond motifs is 3. The van der Waals surface area contributed by atoms with Crippen LogP contribution >= 0.6 is 0 Å². The highest BCUT2D eigenvalue weighted by Crippen LogP contribution is 2.28. The second-order valence-corrected chi connectivity index (χ2v) is 4.23. The van der Waals surface area contributed by atoms with Gasteiger partial charge < -0.3 is 15.0 Å². The van der Waals surface area contributed by atoms with Crippen molar-refractivity contribution < 1.29 is 14.3 Å². The fourth-order valence-electron chi connectivity index (χ4n) is 2.35. The van der Waals surface area contributed by atoms with Crippen LogP contribution in [0.4, 0.5) is 9.18 Å². The number of nitrogens with zero attached hydrogens (tertiary/aromatic N) is 1. The number of aromatic nitrogens is 1. The Balaban J connectivity index is 2.13. The Morgan fingerprint density at radius 2 is 2.29 bits per heavy atom. The van der Waals surface area contributed by atoms with Gasteiger partial charge in [0, 0.05) is 35.1 Å². The molecule has 0 saturated carbocycles. The molecule has 0 bridgehead atoms. The molecule has 0 unspecified atom stereocenters. The van der Waals surface area contributed by atoms with E-state index >= 15 is 0 Å². The number of carboxylic acid groups (broad SMARTS) is 1. The summed E-state index contributed by atoms with van der Waals surface area (Å²) in [4.78, 5) is 15.5. The Bertz CT molecular complexity index is 606. The molecule has 0 atom stereocenters. The minimum atomic E-state index is -0.929. The molecule has 17 heavy (non-hydrogen) atoms. The number of H-pyrrole nitrogens is 1. The molecule has 2 N–H and O–H groups in total. The quantitative estimate of drug-likeness (QED) is 0.735. The van der Waals surface area contributed by atoms with Crippen molar-refractivity contribution in [1.82, 2.24) is 9.88 Å². The third kappa shape index (κ3) is 1.54. The smallest absolute Gasteiger partial charge is 0.407 e. The van der Waals surface area contributed by atoms with E-state index in [4.69, 9.17) is 5.11 Å². The van der Waals surface area contributed by atoms with E-state index in [0.29, 0.717) is 19.5 Å². The average molecular weight is 234 g/mol. The van der Waals surface area contributed by atoms with Crippen LogP contribution in [0.3, 0.4) is 0 Å². The number of halogens is 1. The standard InChI is InChI=1S/C12H11FN2O2/c13-7-1-2-10-8(5-7)9-6-15(12(16)17)4-3-11(9)14-10/h1-2,5,14H,3-4,6H2,(H,16,17). The molecule has 0 saturated heterocycles. The molecule has 0 spiro atoms. The van der Waals surface area contributed by atoms with Gasteiger partial charge in [-0.2, -0.15) is 0 Å². The topological polar surface area (TPSA) is 56.3 Å².